The number of pyridine rings is 3. The van der Waals surface area contributed by atoms with Crippen molar-refractivity contribution in [3.8, 4) is 6.07 Å². The summed E-state index contributed by atoms with van der Waals surface area (Å²) in [4.78, 5) is 15.4. The first-order chi connectivity index (χ1) is 11.8. The van der Waals surface area contributed by atoms with E-state index in [0.29, 0.717) is 25.3 Å². The van der Waals surface area contributed by atoms with E-state index in [1.807, 2.05) is 48.5 Å². The van der Waals surface area contributed by atoms with Crippen molar-refractivity contribution in [1.29, 1.82) is 5.26 Å². The Morgan fingerprint density at radius 2 is 1.33 bits per heavy atom. The lowest BCUT2D eigenvalue weighted by Gasteiger charge is -2.21. The van der Waals surface area contributed by atoms with Gasteiger partial charge >= 0.3 is 0 Å². The van der Waals surface area contributed by atoms with E-state index < -0.39 is 0 Å². The van der Waals surface area contributed by atoms with Gasteiger partial charge in [0.2, 0.25) is 0 Å². The van der Waals surface area contributed by atoms with E-state index in [4.69, 9.17) is 5.26 Å². The predicted molar refractivity (Wildman–Crippen MR) is 90.4 cm³/mol. The molecule has 0 amide bonds. The van der Waals surface area contributed by atoms with Gasteiger partial charge in [0.25, 0.3) is 0 Å². The first-order valence-corrected chi connectivity index (χ1v) is 7.72. The van der Waals surface area contributed by atoms with Crippen LogP contribution in [0.2, 0.25) is 0 Å². The van der Waals surface area contributed by atoms with Gasteiger partial charge in [0.1, 0.15) is 11.8 Å². The second kappa shape index (κ2) is 7.95. The van der Waals surface area contributed by atoms with Crippen LogP contribution < -0.4 is 0 Å². The summed E-state index contributed by atoms with van der Waals surface area (Å²) in [6.45, 7) is 2.01. The molecular formula is C19H17N5. The molecule has 0 aromatic carbocycles. The van der Waals surface area contributed by atoms with E-state index in [-0.39, 0.29) is 0 Å². The molecule has 0 radical (unpaired) electrons. The smallest absolute Gasteiger partial charge is 0.140 e. The first kappa shape index (κ1) is 15.8. The zero-order valence-electron chi connectivity index (χ0n) is 13.2. The predicted octanol–water partition coefficient (Wildman–Crippen LogP) is 2.95. The summed E-state index contributed by atoms with van der Waals surface area (Å²) >= 11 is 0. The van der Waals surface area contributed by atoms with E-state index in [2.05, 4.69) is 25.9 Å². The van der Waals surface area contributed by atoms with Crippen LogP contribution in [-0.4, -0.2) is 19.9 Å². The van der Waals surface area contributed by atoms with Crippen LogP contribution in [0, 0.1) is 11.3 Å². The van der Waals surface area contributed by atoms with Crippen molar-refractivity contribution in [2.75, 3.05) is 0 Å². The molecule has 0 aliphatic rings. The summed E-state index contributed by atoms with van der Waals surface area (Å²) in [6.07, 6.45) is 3.59. The van der Waals surface area contributed by atoms with Crippen LogP contribution in [0.25, 0.3) is 0 Å². The Morgan fingerprint density at radius 3 is 1.88 bits per heavy atom. The lowest BCUT2D eigenvalue weighted by molar-refractivity contribution is 0.239. The second-order valence-corrected chi connectivity index (χ2v) is 5.41. The van der Waals surface area contributed by atoms with E-state index >= 15 is 0 Å². The van der Waals surface area contributed by atoms with Crippen LogP contribution in [0.3, 0.4) is 0 Å². The van der Waals surface area contributed by atoms with Gasteiger partial charge in [-0.25, -0.2) is 4.98 Å². The number of rotatable bonds is 6. The third kappa shape index (κ3) is 4.45. The van der Waals surface area contributed by atoms with Crippen LogP contribution in [-0.2, 0) is 19.6 Å². The van der Waals surface area contributed by atoms with Crippen LogP contribution >= 0.6 is 0 Å². The maximum Gasteiger partial charge on any atom is 0.140 e. The average molecular weight is 315 g/mol. The maximum absolute atomic E-state index is 9.02. The Hall–Kier alpha value is -3.10. The third-order valence-corrected chi connectivity index (χ3v) is 3.53. The Bertz CT molecular complexity index is 770. The number of hydrogen-bond donors (Lipinski definition) is 0. The molecule has 118 valence electrons. The van der Waals surface area contributed by atoms with Crippen molar-refractivity contribution < 1.29 is 0 Å². The molecule has 5 heteroatoms. The van der Waals surface area contributed by atoms with Crippen molar-refractivity contribution in [1.82, 2.24) is 19.9 Å². The monoisotopic (exact) mass is 315 g/mol. The molecule has 24 heavy (non-hydrogen) atoms. The highest BCUT2D eigenvalue weighted by Crippen LogP contribution is 2.11. The molecule has 0 atom stereocenters. The molecule has 0 N–H and O–H groups in total. The molecule has 3 aromatic rings. The zero-order valence-corrected chi connectivity index (χ0v) is 13.2. The van der Waals surface area contributed by atoms with Gasteiger partial charge in [-0.15, -0.1) is 0 Å². The number of nitrogens with zero attached hydrogens (tertiary/aromatic N) is 5. The molecule has 0 bridgehead atoms. The van der Waals surface area contributed by atoms with Crippen LogP contribution in [0.15, 0.2) is 67.0 Å². The molecule has 0 fully saturated rings. The average Bonchev–Trinajstić information content (AvgIpc) is 2.63. The van der Waals surface area contributed by atoms with Gasteiger partial charge in [0, 0.05) is 32.0 Å². The van der Waals surface area contributed by atoms with Gasteiger partial charge < -0.3 is 0 Å². The number of hydrogen-bond acceptors (Lipinski definition) is 5. The Balaban J connectivity index is 1.79. The Labute approximate surface area is 141 Å². The fourth-order valence-corrected chi connectivity index (χ4v) is 2.47. The summed E-state index contributed by atoms with van der Waals surface area (Å²) in [5, 5.41) is 9.02. The minimum Gasteiger partial charge on any atom is -0.286 e. The van der Waals surface area contributed by atoms with Crippen molar-refractivity contribution in [3.63, 3.8) is 0 Å². The molecule has 3 aromatic heterocycles. The number of aromatic nitrogens is 3. The van der Waals surface area contributed by atoms with Crippen LogP contribution in [0.5, 0.6) is 0 Å². The second-order valence-electron chi connectivity index (χ2n) is 5.41. The molecule has 0 aliphatic heterocycles. The normalized spacial score (nSPS) is 10.5. The van der Waals surface area contributed by atoms with Crippen molar-refractivity contribution in [2.24, 2.45) is 0 Å². The standard InChI is InChI=1S/C19H17N5/c20-12-16-8-5-9-19(23-16)15-24(13-17-6-1-3-10-21-17)14-18-7-2-4-11-22-18/h1-11H,13-15H2. The highest BCUT2D eigenvalue weighted by atomic mass is 15.1. The number of nitriles is 1. The molecular weight excluding hydrogens is 298 g/mol. The third-order valence-electron chi connectivity index (χ3n) is 3.53. The van der Waals surface area contributed by atoms with E-state index in [9.17, 15) is 0 Å². The van der Waals surface area contributed by atoms with Crippen molar-refractivity contribution in [3.05, 3.63) is 89.8 Å². The molecule has 0 spiro atoms. The quantitative estimate of drug-likeness (QED) is 0.699. The van der Waals surface area contributed by atoms with Gasteiger partial charge in [0.05, 0.1) is 17.1 Å². The van der Waals surface area contributed by atoms with Crippen LogP contribution in [0.1, 0.15) is 22.8 Å². The molecule has 0 aliphatic carbocycles. The molecule has 0 unspecified atom stereocenters. The topological polar surface area (TPSA) is 65.7 Å². The van der Waals surface area contributed by atoms with Gasteiger partial charge in [-0.3, -0.25) is 14.9 Å². The fraction of sp³-hybridized carbons (Fsp3) is 0.158. The molecule has 3 rings (SSSR count). The SMILES string of the molecule is N#Cc1cccc(CN(Cc2ccccn2)Cc2ccccn2)n1. The largest absolute Gasteiger partial charge is 0.286 e. The van der Waals surface area contributed by atoms with Gasteiger partial charge in [0.15, 0.2) is 0 Å². The summed E-state index contributed by atoms with van der Waals surface area (Å²) in [5.41, 5.74) is 3.28. The highest BCUT2D eigenvalue weighted by Gasteiger charge is 2.11. The van der Waals surface area contributed by atoms with Gasteiger partial charge in [-0.2, -0.15) is 5.26 Å². The highest BCUT2D eigenvalue weighted by molar-refractivity contribution is 5.22. The Morgan fingerprint density at radius 1 is 0.750 bits per heavy atom. The summed E-state index contributed by atoms with van der Waals surface area (Å²) in [7, 11) is 0. The lowest BCUT2D eigenvalue weighted by Crippen LogP contribution is -2.24. The van der Waals surface area contributed by atoms with Crippen molar-refractivity contribution >= 4 is 0 Å². The summed E-state index contributed by atoms with van der Waals surface area (Å²) in [5.74, 6) is 0. The van der Waals surface area contributed by atoms with Gasteiger partial charge in [-0.05, 0) is 36.4 Å². The minimum atomic E-state index is 0.433. The lowest BCUT2D eigenvalue weighted by atomic mass is 10.2. The molecule has 0 saturated carbocycles. The fourth-order valence-electron chi connectivity index (χ4n) is 2.47. The summed E-state index contributed by atoms with van der Waals surface area (Å²) < 4.78 is 0. The first-order valence-electron chi connectivity index (χ1n) is 7.72. The molecule has 5 nitrogen and oxygen atoms in total. The van der Waals surface area contributed by atoms with E-state index in [0.717, 1.165) is 17.1 Å². The van der Waals surface area contributed by atoms with E-state index in [1.165, 1.54) is 0 Å². The molecule has 0 saturated heterocycles. The van der Waals surface area contributed by atoms with Gasteiger partial charge in [-0.1, -0.05) is 18.2 Å². The summed E-state index contributed by atoms with van der Waals surface area (Å²) in [6, 6.07) is 19.4. The Kier molecular flexibility index (Phi) is 5.23. The van der Waals surface area contributed by atoms with Crippen LogP contribution in [0.4, 0.5) is 0 Å². The van der Waals surface area contributed by atoms with E-state index in [1.54, 1.807) is 18.5 Å². The zero-order chi connectivity index (χ0) is 16.6. The maximum atomic E-state index is 9.02. The van der Waals surface area contributed by atoms with Crippen molar-refractivity contribution in [2.45, 2.75) is 19.6 Å². The molecule has 3 heterocycles. The minimum absolute atomic E-state index is 0.433.